The van der Waals surface area contributed by atoms with Crippen molar-refractivity contribution in [2.75, 3.05) is 6.67 Å². The number of hydrogen-bond donors (Lipinski definition) is 1. The molecule has 0 heterocycles. The molecule has 34 valence electrons. The van der Waals surface area contributed by atoms with Gasteiger partial charge in [0.25, 0.3) is 0 Å². The minimum absolute atomic E-state index is 0.343. The van der Waals surface area contributed by atoms with E-state index in [1.54, 1.807) is 0 Å². The van der Waals surface area contributed by atoms with Crippen molar-refractivity contribution in [2.45, 2.75) is 6.32 Å². The second-order valence-corrected chi connectivity index (χ2v) is 1.01. The summed E-state index contributed by atoms with van der Waals surface area (Å²) in [4.78, 5) is 0. The van der Waals surface area contributed by atoms with E-state index in [9.17, 15) is 4.39 Å². The van der Waals surface area contributed by atoms with Gasteiger partial charge < -0.3 is 0 Å². The van der Waals surface area contributed by atoms with Gasteiger partial charge in [0.2, 0.25) is 0 Å². The van der Waals surface area contributed by atoms with E-state index >= 15 is 0 Å². The molecule has 1 nitrogen and oxygen atoms in total. The first-order chi connectivity index (χ1) is 2.91. The monoisotopic (exact) mass is 105 g/mol. The van der Waals surface area contributed by atoms with Crippen molar-refractivity contribution in [3.8, 4) is 0 Å². The normalized spacial score (nSPS) is 9.00. The summed E-state index contributed by atoms with van der Waals surface area (Å²) in [5.41, 5.74) is 0. The van der Waals surface area contributed by atoms with Crippen molar-refractivity contribution < 1.29 is 4.39 Å². The third kappa shape index (κ3) is 4.14. The van der Waals surface area contributed by atoms with Gasteiger partial charge in [-0.15, -0.1) is 0 Å². The molecule has 0 aromatic carbocycles. The predicted octanol–water partition coefficient (Wildman–Crippen LogP) is 1.11. The van der Waals surface area contributed by atoms with Crippen LogP contribution in [0.4, 0.5) is 4.39 Å². The summed E-state index contributed by atoms with van der Waals surface area (Å²) in [6, 6.07) is 0. The average Bonchev–Trinajstić information content (AvgIpc) is 1.61. The van der Waals surface area contributed by atoms with Crippen molar-refractivity contribution >= 4 is 19.9 Å². The van der Waals surface area contributed by atoms with Crippen molar-refractivity contribution in [1.82, 2.24) is 0 Å². The van der Waals surface area contributed by atoms with Crippen LogP contribution >= 0.6 is 12.8 Å². The summed E-state index contributed by atoms with van der Waals surface area (Å²) in [6.07, 6.45) is 0.378. The van der Waals surface area contributed by atoms with Gasteiger partial charge >= 0.3 is 41.6 Å². The molecule has 0 aliphatic carbocycles. The topological polar surface area (TPSA) is 12.4 Å². The average molecular weight is 105 g/mol. The van der Waals surface area contributed by atoms with Gasteiger partial charge in [0.1, 0.15) is 0 Å². The van der Waals surface area contributed by atoms with Gasteiger partial charge in [-0.25, -0.2) is 0 Å². The van der Waals surface area contributed by atoms with Gasteiger partial charge in [0.05, 0.1) is 0 Å². The molecular weight excluding hydrogens is 99.9 g/mol. The molecule has 0 saturated carbocycles. The standard InChI is InChI=1S/C2H5BFNS/c4-2-1-3-5-6/h6H,1-2H2. The van der Waals surface area contributed by atoms with Crippen LogP contribution in [-0.2, 0) is 0 Å². The minimum atomic E-state index is -0.343. The molecule has 4 heteroatoms. The Labute approximate surface area is 42.4 Å². The number of nitrogens with zero attached hydrogens (tertiary/aromatic N) is 1. The van der Waals surface area contributed by atoms with E-state index in [1.807, 2.05) is 0 Å². The van der Waals surface area contributed by atoms with Gasteiger partial charge in [-0.3, -0.25) is 0 Å². The fourth-order valence-electron chi connectivity index (χ4n) is 0.107. The molecule has 0 radical (unpaired) electrons. The van der Waals surface area contributed by atoms with Crippen LogP contribution in [0.25, 0.3) is 0 Å². The zero-order valence-corrected chi connectivity index (χ0v) is 4.16. The zero-order valence-electron chi connectivity index (χ0n) is 3.26. The Morgan fingerprint density at radius 1 is 1.83 bits per heavy atom. The maximum absolute atomic E-state index is 11.1. The molecule has 0 amide bonds. The second kappa shape index (κ2) is 5.14. The summed E-state index contributed by atoms with van der Waals surface area (Å²) in [5.74, 6) is 0. The Morgan fingerprint density at radius 3 is 2.67 bits per heavy atom. The Hall–Kier alpha value is 0.145. The second-order valence-electron chi connectivity index (χ2n) is 0.776. The molecule has 0 spiro atoms. The van der Waals surface area contributed by atoms with Gasteiger partial charge in [-0.1, -0.05) is 0 Å². The van der Waals surface area contributed by atoms with Crippen LogP contribution in [0.15, 0.2) is 4.30 Å². The van der Waals surface area contributed by atoms with Gasteiger partial charge in [-0.05, 0) is 0 Å². The predicted molar refractivity (Wildman–Crippen MR) is 27.9 cm³/mol. The number of halogens is 1. The molecular formula is C2H5BFNS. The molecule has 0 aromatic rings. The SMILES string of the molecule is FCCB=NS. The first-order valence-electron chi connectivity index (χ1n) is 1.63. The molecule has 0 rings (SSSR count). The molecule has 0 fully saturated rings. The van der Waals surface area contributed by atoms with Crippen LogP contribution in [0.5, 0.6) is 0 Å². The van der Waals surface area contributed by atoms with Crippen LogP contribution in [-0.4, -0.2) is 13.7 Å². The fraction of sp³-hybridized carbons (Fsp3) is 1.00. The number of alkyl halides is 1. The number of rotatable bonds is 2. The quantitative estimate of drug-likeness (QED) is 0.398. The molecule has 6 heavy (non-hydrogen) atoms. The maximum atomic E-state index is 11.1. The van der Waals surface area contributed by atoms with Gasteiger partial charge in [0, 0.05) is 0 Å². The van der Waals surface area contributed by atoms with Crippen molar-refractivity contribution in [3.05, 3.63) is 0 Å². The summed E-state index contributed by atoms with van der Waals surface area (Å²) >= 11 is 3.46. The van der Waals surface area contributed by atoms with Crippen LogP contribution < -0.4 is 0 Å². The molecule has 0 aliphatic rings. The molecule has 0 unspecified atom stereocenters. The van der Waals surface area contributed by atoms with Crippen LogP contribution in [0.2, 0.25) is 6.32 Å². The van der Waals surface area contributed by atoms with Crippen LogP contribution in [0, 0.1) is 0 Å². The number of hydrogen-bond acceptors (Lipinski definition) is 2. The summed E-state index contributed by atoms with van der Waals surface area (Å²) < 4.78 is 14.3. The molecule has 0 aliphatic heterocycles. The number of thiol groups is 1. The summed E-state index contributed by atoms with van der Waals surface area (Å²) in [7, 11) is 1.42. The van der Waals surface area contributed by atoms with E-state index in [2.05, 4.69) is 17.1 Å². The third-order valence-electron chi connectivity index (χ3n) is 0.320. The molecule has 0 atom stereocenters. The first kappa shape index (κ1) is 6.14. The first-order valence-corrected chi connectivity index (χ1v) is 2.03. The molecule has 0 N–H and O–H groups in total. The van der Waals surface area contributed by atoms with E-state index in [0.717, 1.165) is 0 Å². The van der Waals surface area contributed by atoms with Crippen molar-refractivity contribution in [3.63, 3.8) is 0 Å². The third-order valence-corrected chi connectivity index (χ3v) is 0.483. The fourth-order valence-corrected chi connectivity index (χ4v) is 0.222. The Balaban J connectivity index is 2.66. The Morgan fingerprint density at radius 2 is 2.50 bits per heavy atom. The molecule has 0 saturated heterocycles. The van der Waals surface area contributed by atoms with Crippen LogP contribution in [0.1, 0.15) is 0 Å². The van der Waals surface area contributed by atoms with Gasteiger partial charge in [-0.2, -0.15) is 0 Å². The van der Waals surface area contributed by atoms with E-state index < -0.39 is 0 Å². The van der Waals surface area contributed by atoms with Crippen LogP contribution in [0.3, 0.4) is 0 Å². The van der Waals surface area contributed by atoms with E-state index in [4.69, 9.17) is 0 Å². The summed E-state index contributed by atoms with van der Waals surface area (Å²) in [6.45, 7) is -0.343. The summed E-state index contributed by atoms with van der Waals surface area (Å²) in [5, 5.41) is 0. The van der Waals surface area contributed by atoms with E-state index in [1.165, 1.54) is 7.07 Å². The molecule has 0 bridgehead atoms. The van der Waals surface area contributed by atoms with Crippen molar-refractivity contribution in [1.29, 1.82) is 0 Å². The zero-order chi connectivity index (χ0) is 4.83. The molecule has 0 aromatic heterocycles. The Kier molecular flexibility index (Phi) is 5.27. The van der Waals surface area contributed by atoms with Gasteiger partial charge in [0.15, 0.2) is 0 Å². The van der Waals surface area contributed by atoms with Crippen molar-refractivity contribution in [2.24, 2.45) is 4.30 Å². The Bertz CT molecular complexity index is 48.8. The van der Waals surface area contributed by atoms with E-state index in [0.29, 0.717) is 6.32 Å². The van der Waals surface area contributed by atoms with E-state index in [-0.39, 0.29) is 6.67 Å².